The van der Waals surface area contributed by atoms with Gasteiger partial charge in [-0.05, 0) is 33.6 Å². The molecular formula is C24H44N2O6S2. The number of hydrogen-bond acceptors (Lipinski definition) is 7. The zero-order chi connectivity index (χ0) is 27.1. The molecule has 0 bridgehead atoms. The Morgan fingerprint density at radius 1 is 0.794 bits per heavy atom. The van der Waals surface area contributed by atoms with Gasteiger partial charge in [0.25, 0.3) is 0 Å². The number of rotatable bonds is 14. The average Bonchev–Trinajstić information content (AvgIpc) is 2.65. The average molecular weight is 521 g/mol. The first kappa shape index (κ1) is 32.7. The molecule has 0 rings (SSSR count). The molecule has 0 saturated heterocycles. The number of carbonyl (C=O) groups is 4. The maximum atomic E-state index is 13.2. The Bertz CT molecular complexity index is 743. The number of hydrogen-bond donors (Lipinski definition) is 4. The molecule has 0 aliphatic rings. The fourth-order valence-corrected chi connectivity index (χ4v) is 6.18. The van der Waals surface area contributed by atoms with Crippen LogP contribution in [0.4, 0.5) is 0 Å². The van der Waals surface area contributed by atoms with Gasteiger partial charge in [0, 0.05) is 33.3 Å². The Morgan fingerprint density at radius 2 is 1.24 bits per heavy atom. The minimum atomic E-state index is -1.16. The topological polar surface area (TPSA) is 133 Å². The molecule has 10 heteroatoms. The van der Waals surface area contributed by atoms with Crippen LogP contribution in [0.3, 0.4) is 0 Å². The third kappa shape index (κ3) is 11.0. The Labute approximate surface area is 212 Å². The van der Waals surface area contributed by atoms with E-state index in [-0.39, 0.29) is 22.8 Å². The van der Waals surface area contributed by atoms with Gasteiger partial charge in [-0.1, -0.05) is 70.1 Å². The first-order valence-corrected chi connectivity index (χ1v) is 14.0. The number of amides is 1. The Hall–Kier alpha value is -1.26. The van der Waals surface area contributed by atoms with Crippen molar-refractivity contribution in [2.75, 3.05) is 11.5 Å². The van der Waals surface area contributed by atoms with Gasteiger partial charge in [0.05, 0.1) is 0 Å². The summed E-state index contributed by atoms with van der Waals surface area (Å²) in [6, 6.07) is -1.91. The second-order valence-electron chi connectivity index (χ2n) is 11.8. The first-order valence-electron chi connectivity index (χ1n) is 11.5. The Kier molecular flexibility index (Phi) is 12.2. The lowest BCUT2D eigenvalue weighted by Crippen LogP contribution is -2.51. The predicted molar refractivity (Wildman–Crippen MR) is 140 cm³/mol. The maximum absolute atomic E-state index is 13.2. The molecule has 34 heavy (non-hydrogen) atoms. The van der Waals surface area contributed by atoms with Crippen molar-refractivity contribution >= 4 is 45.2 Å². The number of Topliss-reactive ketones (excluding diaryl/α,β-unsaturated/α-hetero) is 1. The Morgan fingerprint density at radius 3 is 1.59 bits per heavy atom. The molecule has 198 valence electrons. The monoisotopic (exact) mass is 520 g/mol. The van der Waals surface area contributed by atoms with Crippen LogP contribution >= 0.6 is 21.6 Å². The molecule has 0 aromatic heterocycles. The summed E-state index contributed by atoms with van der Waals surface area (Å²) in [6.07, 6.45) is 0.748. The van der Waals surface area contributed by atoms with Crippen molar-refractivity contribution in [3.63, 3.8) is 0 Å². The molecule has 0 radical (unpaired) electrons. The zero-order valence-corrected chi connectivity index (χ0v) is 24.0. The summed E-state index contributed by atoms with van der Waals surface area (Å²) < 4.78 is 0. The second kappa shape index (κ2) is 12.6. The molecule has 0 heterocycles. The van der Waals surface area contributed by atoms with Gasteiger partial charge in [-0.3, -0.25) is 19.7 Å². The number of aliphatic carboxylic acids is 2. The van der Waals surface area contributed by atoms with Gasteiger partial charge < -0.3 is 15.5 Å². The van der Waals surface area contributed by atoms with E-state index in [0.717, 1.165) is 0 Å². The predicted octanol–water partition coefficient (Wildman–Crippen LogP) is 4.23. The highest BCUT2D eigenvalue weighted by Gasteiger charge is 2.44. The van der Waals surface area contributed by atoms with Crippen LogP contribution in [0.5, 0.6) is 0 Å². The lowest BCUT2D eigenvalue weighted by atomic mass is 9.65. The van der Waals surface area contributed by atoms with Crippen LogP contribution in [0, 0.1) is 16.2 Å². The van der Waals surface area contributed by atoms with E-state index in [9.17, 15) is 29.4 Å². The normalized spacial score (nSPS) is 16.3. The number of carbonyl (C=O) groups excluding carboxylic acids is 2. The Balaban J connectivity index is 5.19. The van der Waals surface area contributed by atoms with Gasteiger partial charge in [-0.25, -0.2) is 4.79 Å². The van der Waals surface area contributed by atoms with Gasteiger partial charge in [0.1, 0.15) is 17.9 Å². The van der Waals surface area contributed by atoms with Crippen LogP contribution in [0.1, 0.15) is 82.1 Å². The van der Waals surface area contributed by atoms with Crippen molar-refractivity contribution in [3.05, 3.63) is 0 Å². The van der Waals surface area contributed by atoms with Crippen molar-refractivity contribution in [1.82, 2.24) is 10.6 Å². The van der Waals surface area contributed by atoms with Gasteiger partial charge in [0.15, 0.2) is 0 Å². The molecule has 0 aromatic carbocycles. The summed E-state index contributed by atoms with van der Waals surface area (Å²) in [6.45, 7) is 18.4. The van der Waals surface area contributed by atoms with Crippen LogP contribution in [-0.4, -0.2) is 63.0 Å². The lowest BCUT2D eigenvalue weighted by molar-refractivity contribution is -0.145. The third-order valence-electron chi connectivity index (χ3n) is 5.52. The summed E-state index contributed by atoms with van der Waals surface area (Å²) in [5.74, 6) is -2.16. The van der Waals surface area contributed by atoms with Crippen molar-refractivity contribution in [3.8, 4) is 0 Å². The molecule has 0 spiro atoms. The maximum Gasteiger partial charge on any atom is 0.327 e. The molecule has 0 aromatic rings. The van der Waals surface area contributed by atoms with Gasteiger partial charge in [-0.2, -0.15) is 0 Å². The molecule has 4 N–H and O–H groups in total. The SMILES string of the molecule is CCC(C)(CC(C)(C)C(=O)C(C)(C)C)C(=O)NC(CSSCC(NC(C)(C)C)C(=O)O)C(=O)O. The number of carboxylic acids is 2. The van der Waals surface area contributed by atoms with Crippen molar-refractivity contribution in [2.45, 2.75) is 99.7 Å². The minimum absolute atomic E-state index is 0.0473. The van der Waals surface area contributed by atoms with E-state index in [4.69, 9.17) is 0 Å². The minimum Gasteiger partial charge on any atom is -0.480 e. The first-order chi connectivity index (χ1) is 15.2. The summed E-state index contributed by atoms with van der Waals surface area (Å²) in [5, 5.41) is 24.7. The van der Waals surface area contributed by atoms with Crippen molar-refractivity contribution in [1.29, 1.82) is 0 Å². The molecule has 3 atom stereocenters. The van der Waals surface area contributed by atoms with Crippen molar-refractivity contribution in [2.24, 2.45) is 16.2 Å². The summed E-state index contributed by atoms with van der Waals surface area (Å²) in [5.41, 5.74) is -2.60. The molecule has 0 fully saturated rings. The molecule has 0 saturated carbocycles. The van der Waals surface area contributed by atoms with Gasteiger partial charge in [0.2, 0.25) is 5.91 Å². The van der Waals surface area contributed by atoms with Crippen LogP contribution in [0.15, 0.2) is 0 Å². The van der Waals surface area contributed by atoms with E-state index in [0.29, 0.717) is 12.8 Å². The molecule has 3 unspecified atom stereocenters. The van der Waals surface area contributed by atoms with E-state index in [1.165, 1.54) is 21.6 Å². The van der Waals surface area contributed by atoms with E-state index < -0.39 is 46.2 Å². The largest absolute Gasteiger partial charge is 0.480 e. The number of ketones is 1. The van der Waals surface area contributed by atoms with Gasteiger partial charge >= 0.3 is 11.9 Å². The highest BCUT2D eigenvalue weighted by atomic mass is 33.1. The zero-order valence-electron chi connectivity index (χ0n) is 22.3. The van der Waals surface area contributed by atoms with E-state index in [1.54, 1.807) is 6.92 Å². The van der Waals surface area contributed by atoms with E-state index in [2.05, 4.69) is 10.6 Å². The number of nitrogens with one attached hydrogen (secondary N) is 2. The van der Waals surface area contributed by atoms with Crippen LogP contribution < -0.4 is 10.6 Å². The standard InChI is InChI=1S/C24H44N2O6S2/c1-11-24(10,14-23(8,9)19(31)21(2,3)4)20(32)25-15(17(27)28)12-33-34-13-16(18(29)30)26-22(5,6)7/h15-16,26H,11-14H2,1-10H3,(H,25,32)(H,27,28)(H,29,30). The van der Waals surface area contributed by atoms with E-state index in [1.807, 2.05) is 62.3 Å². The molecule has 1 amide bonds. The fourth-order valence-electron chi connectivity index (χ4n) is 3.87. The van der Waals surface area contributed by atoms with Crippen molar-refractivity contribution < 1.29 is 29.4 Å². The quantitative estimate of drug-likeness (QED) is 0.196. The molecule has 8 nitrogen and oxygen atoms in total. The van der Waals surface area contributed by atoms with Crippen LogP contribution in [0.25, 0.3) is 0 Å². The second-order valence-corrected chi connectivity index (χ2v) is 14.3. The summed E-state index contributed by atoms with van der Waals surface area (Å²) in [4.78, 5) is 49.3. The summed E-state index contributed by atoms with van der Waals surface area (Å²) >= 11 is 0. The summed E-state index contributed by atoms with van der Waals surface area (Å²) in [7, 11) is 2.45. The smallest absolute Gasteiger partial charge is 0.327 e. The van der Waals surface area contributed by atoms with Gasteiger partial charge in [-0.15, -0.1) is 0 Å². The highest BCUT2D eigenvalue weighted by molar-refractivity contribution is 8.76. The molecule has 0 aliphatic heterocycles. The highest BCUT2D eigenvalue weighted by Crippen LogP contribution is 2.41. The third-order valence-corrected chi connectivity index (χ3v) is 7.94. The molecule has 0 aliphatic carbocycles. The lowest BCUT2D eigenvalue weighted by Gasteiger charge is -2.38. The van der Waals surface area contributed by atoms with Crippen LogP contribution in [0.2, 0.25) is 0 Å². The van der Waals surface area contributed by atoms with Crippen LogP contribution in [-0.2, 0) is 19.2 Å². The number of carboxylic acid groups (broad SMARTS) is 2. The fraction of sp³-hybridized carbons (Fsp3) is 0.833. The van der Waals surface area contributed by atoms with E-state index >= 15 is 0 Å². The molecular weight excluding hydrogens is 476 g/mol.